The van der Waals surface area contributed by atoms with Crippen LogP contribution in [-0.4, -0.2) is 25.7 Å². The summed E-state index contributed by atoms with van der Waals surface area (Å²) in [4.78, 5) is 10.5. The van der Waals surface area contributed by atoms with E-state index in [0.29, 0.717) is 5.56 Å². The lowest BCUT2D eigenvalue weighted by molar-refractivity contribution is 0.190. The maximum Gasteiger partial charge on any atom is 0.404 e. The first kappa shape index (κ1) is 13.5. The molecular weight excluding hydrogens is 244 g/mol. The first-order valence-corrected chi connectivity index (χ1v) is 6.49. The van der Waals surface area contributed by atoms with E-state index in [9.17, 15) is 13.2 Å². The van der Waals surface area contributed by atoms with E-state index >= 15 is 0 Å². The highest BCUT2D eigenvalue weighted by atomic mass is 32.2. The van der Waals surface area contributed by atoms with Crippen molar-refractivity contribution in [3.05, 3.63) is 35.9 Å². The predicted molar refractivity (Wildman–Crippen MR) is 62.9 cm³/mol. The van der Waals surface area contributed by atoms with Crippen LogP contribution >= 0.6 is 0 Å². The van der Waals surface area contributed by atoms with Gasteiger partial charge in [0.15, 0.2) is 0 Å². The Morgan fingerprint density at radius 2 is 1.88 bits per heavy atom. The molecule has 0 aromatic heterocycles. The van der Waals surface area contributed by atoms with Gasteiger partial charge >= 0.3 is 6.09 Å². The zero-order valence-corrected chi connectivity index (χ0v) is 10.0. The third-order valence-electron chi connectivity index (χ3n) is 2.29. The molecule has 7 heteroatoms. The minimum Gasteiger partial charge on any atom is -0.465 e. The van der Waals surface area contributed by atoms with E-state index in [-0.39, 0.29) is 0 Å². The maximum absolute atomic E-state index is 11.5. The highest BCUT2D eigenvalue weighted by molar-refractivity contribution is 7.89. The Morgan fingerprint density at radius 3 is 2.29 bits per heavy atom. The summed E-state index contributed by atoms with van der Waals surface area (Å²) >= 11 is 0. The molecule has 1 amide bonds. The molecule has 1 rings (SSSR count). The van der Waals surface area contributed by atoms with Gasteiger partial charge in [0, 0.05) is 0 Å². The SMILES string of the molecule is CC(NC(=O)O)[C@@H](c1ccccc1)S(N)(=O)=O. The average Bonchev–Trinajstić information content (AvgIpc) is 2.15. The minimum absolute atomic E-state index is 0.455. The second-order valence-corrected chi connectivity index (χ2v) is 5.34. The Balaban J connectivity index is 3.10. The van der Waals surface area contributed by atoms with Crippen LogP contribution in [0.1, 0.15) is 17.7 Å². The topological polar surface area (TPSA) is 109 Å². The molecule has 0 aliphatic carbocycles. The zero-order chi connectivity index (χ0) is 13.1. The average molecular weight is 258 g/mol. The van der Waals surface area contributed by atoms with Crippen molar-refractivity contribution in [3.63, 3.8) is 0 Å². The van der Waals surface area contributed by atoms with Gasteiger partial charge in [-0.3, -0.25) is 0 Å². The fraction of sp³-hybridized carbons (Fsp3) is 0.300. The Bertz CT molecular complexity index is 486. The van der Waals surface area contributed by atoms with Gasteiger partial charge in [0.05, 0.1) is 6.04 Å². The number of carbonyl (C=O) groups is 1. The molecular formula is C10H14N2O4S. The minimum atomic E-state index is -3.89. The molecule has 2 atom stereocenters. The monoisotopic (exact) mass is 258 g/mol. The molecule has 1 aromatic carbocycles. The van der Waals surface area contributed by atoms with E-state index in [1.54, 1.807) is 30.3 Å². The molecule has 0 bridgehead atoms. The van der Waals surface area contributed by atoms with Crippen molar-refractivity contribution >= 4 is 16.1 Å². The summed E-state index contributed by atoms with van der Waals surface area (Å²) in [6.07, 6.45) is -1.29. The molecule has 0 radical (unpaired) electrons. The smallest absolute Gasteiger partial charge is 0.404 e. The summed E-state index contributed by atoms with van der Waals surface area (Å²) in [5.41, 5.74) is 0.455. The standard InChI is InChI=1S/C10H14N2O4S/c1-7(12-10(13)14)9(17(11,15)16)8-5-3-2-4-6-8/h2-7,9,12H,1H3,(H,13,14)(H2,11,15,16)/t7?,9-/m0/s1. The predicted octanol–water partition coefficient (Wildman–Crippen LogP) is 0.672. The molecule has 1 aromatic rings. The van der Waals surface area contributed by atoms with Crippen LogP contribution in [0.4, 0.5) is 4.79 Å². The molecule has 94 valence electrons. The lowest BCUT2D eigenvalue weighted by atomic mass is 10.1. The molecule has 0 saturated heterocycles. The second kappa shape index (κ2) is 5.15. The van der Waals surface area contributed by atoms with Crippen LogP contribution in [0.15, 0.2) is 30.3 Å². The number of amides is 1. The number of nitrogens with two attached hydrogens (primary N) is 1. The Labute approximate surface area is 99.5 Å². The van der Waals surface area contributed by atoms with Crippen LogP contribution in [0.3, 0.4) is 0 Å². The molecule has 0 fully saturated rings. The van der Waals surface area contributed by atoms with Crippen molar-refractivity contribution < 1.29 is 18.3 Å². The number of carboxylic acid groups (broad SMARTS) is 1. The quantitative estimate of drug-likeness (QED) is 0.737. The third-order valence-corrected chi connectivity index (χ3v) is 3.68. The highest BCUT2D eigenvalue weighted by Gasteiger charge is 2.30. The molecule has 0 aliphatic rings. The van der Waals surface area contributed by atoms with Gasteiger partial charge in [-0.25, -0.2) is 18.4 Å². The van der Waals surface area contributed by atoms with Crippen molar-refractivity contribution in [1.29, 1.82) is 0 Å². The molecule has 4 N–H and O–H groups in total. The van der Waals surface area contributed by atoms with Crippen LogP contribution in [-0.2, 0) is 10.0 Å². The van der Waals surface area contributed by atoms with E-state index in [2.05, 4.69) is 5.32 Å². The molecule has 0 heterocycles. The van der Waals surface area contributed by atoms with Crippen LogP contribution < -0.4 is 10.5 Å². The summed E-state index contributed by atoms with van der Waals surface area (Å²) in [5.74, 6) is 0. The molecule has 0 aliphatic heterocycles. The van der Waals surface area contributed by atoms with Crippen LogP contribution in [0, 0.1) is 0 Å². The maximum atomic E-state index is 11.5. The molecule has 1 unspecified atom stereocenters. The van der Waals surface area contributed by atoms with E-state index < -0.39 is 27.4 Å². The molecule has 0 saturated carbocycles. The normalized spacial score (nSPS) is 14.9. The Kier molecular flexibility index (Phi) is 4.08. The van der Waals surface area contributed by atoms with Gasteiger partial charge in [0.1, 0.15) is 5.25 Å². The fourth-order valence-electron chi connectivity index (χ4n) is 1.68. The Hall–Kier alpha value is -1.60. The lowest BCUT2D eigenvalue weighted by Crippen LogP contribution is -2.41. The summed E-state index contributed by atoms with van der Waals surface area (Å²) in [7, 11) is -3.89. The summed E-state index contributed by atoms with van der Waals surface area (Å²) in [6.45, 7) is 1.45. The van der Waals surface area contributed by atoms with Crippen molar-refractivity contribution in [2.75, 3.05) is 0 Å². The summed E-state index contributed by atoms with van der Waals surface area (Å²) < 4.78 is 23.0. The molecule has 17 heavy (non-hydrogen) atoms. The first-order valence-electron chi connectivity index (χ1n) is 4.88. The lowest BCUT2D eigenvalue weighted by Gasteiger charge is -2.22. The first-order chi connectivity index (χ1) is 7.82. The van der Waals surface area contributed by atoms with E-state index in [4.69, 9.17) is 10.2 Å². The van der Waals surface area contributed by atoms with E-state index in [0.717, 1.165) is 0 Å². The van der Waals surface area contributed by atoms with Crippen LogP contribution in [0.2, 0.25) is 0 Å². The summed E-state index contributed by atoms with van der Waals surface area (Å²) in [5, 5.41) is 14.7. The van der Waals surface area contributed by atoms with Crippen molar-refractivity contribution in [1.82, 2.24) is 5.32 Å². The van der Waals surface area contributed by atoms with E-state index in [1.165, 1.54) is 6.92 Å². The van der Waals surface area contributed by atoms with Gasteiger partial charge in [0.2, 0.25) is 10.0 Å². The largest absolute Gasteiger partial charge is 0.465 e. The number of primary sulfonamides is 1. The van der Waals surface area contributed by atoms with Gasteiger partial charge < -0.3 is 10.4 Å². The number of hydrogen-bond acceptors (Lipinski definition) is 3. The van der Waals surface area contributed by atoms with Gasteiger partial charge in [-0.1, -0.05) is 30.3 Å². The third kappa shape index (κ3) is 3.72. The highest BCUT2D eigenvalue weighted by Crippen LogP contribution is 2.23. The number of rotatable bonds is 4. The summed E-state index contributed by atoms with van der Waals surface area (Å²) in [6, 6.07) is 7.43. The second-order valence-electron chi connectivity index (χ2n) is 3.66. The number of hydrogen-bond donors (Lipinski definition) is 3. The Morgan fingerprint density at radius 1 is 1.35 bits per heavy atom. The van der Waals surface area contributed by atoms with Gasteiger partial charge in [0.25, 0.3) is 0 Å². The van der Waals surface area contributed by atoms with Gasteiger partial charge in [-0.2, -0.15) is 0 Å². The fourth-order valence-corrected chi connectivity index (χ4v) is 2.85. The molecule has 0 spiro atoms. The number of nitrogens with one attached hydrogen (secondary N) is 1. The zero-order valence-electron chi connectivity index (χ0n) is 9.20. The van der Waals surface area contributed by atoms with Gasteiger partial charge in [-0.05, 0) is 12.5 Å². The van der Waals surface area contributed by atoms with Crippen molar-refractivity contribution in [2.45, 2.75) is 18.2 Å². The van der Waals surface area contributed by atoms with Crippen LogP contribution in [0.5, 0.6) is 0 Å². The van der Waals surface area contributed by atoms with E-state index in [1.807, 2.05) is 0 Å². The number of benzene rings is 1. The van der Waals surface area contributed by atoms with Crippen LogP contribution in [0.25, 0.3) is 0 Å². The molecule has 6 nitrogen and oxygen atoms in total. The van der Waals surface area contributed by atoms with Crippen molar-refractivity contribution in [2.24, 2.45) is 5.14 Å². The van der Waals surface area contributed by atoms with Gasteiger partial charge in [-0.15, -0.1) is 0 Å². The number of sulfonamides is 1. The van der Waals surface area contributed by atoms with Crippen molar-refractivity contribution in [3.8, 4) is 0 Å².